The molecule has 1 fully saturated rings. The fourth-order valence-corrected chi connectivity index (χ4v) is 1.62. The van der Waals surface area contributed by atoms with E-state index in [0.717, 1.165) is 13.1 Å². The first kappa shape index (κ1) is 13.6. The highest BCUT2D eigenvalue weighted by Crippen LogP contribution is 1.92. The van der Waals surface area contributed by atoms with Crippen LogP contribution in [0.5, 0.6) is 0 Å². The van der Waals surface area contributed by atoms with Crippen LogP contribution in [0, 0.1) is 0 Å². The van der Waals surface area contributed by atoms with Crippen molar-refractivity contribution in [1.29, 1.82) is 0 Å². The van der Waals surface area contributed by atoms with Gasteiger partial charge in [-0.3, -0.25) is 26.1 Å². The maximum atomic E-state index is 11.6. The second kappa shape index (κ2) is 6.92. The lowest BCUT2D eigenvalue weighted by molar-refractivity contribution is 0.0245. The SMILES string of the molecule is O=C(NNC(=S)NN1CCOCC1)c1cnccn1. The minimum absolute atomic E-state index is 0.212. The summed E-state index contributed by atoms with van der Waals surface area (Å²) >= 11 is 5.05. The van der Waals surface area contributed by atoms with Gasteiger partial charge in [0.2, 0.25) is 0 Å². The van der Waals surface area contributed by atoms with Gasteiger partial charge < -0.3 is 4.74 Å². The summed E-state index contributed by atoms with van der Waals surface area (Å²) in [7, 11) is 0. The summed E-state index contributed by atoms with van der Waals surface area (Å²) in [4.78, 5) is 19.3. The van der Waals surface area contributed by atoms with Crippen molar-refractivity contribution in [3.05, 3.63) is 24.3 Å². The Morgan fingerprint density at radius 2 is 2.11 bits per heavy atom. The topological polar surface area (TPSA) is 91.4 Å². The van der Waals surface area contributed by atoms with Crippen molar-refractivity contribution < 1.29 is 9.53 Å². The molecule has 0 aromatic carbocycles. The number of hydrogen-bond donors (Lipinski definition) is 3. The average molecular weight is 282 g/mol. The molecule has 8 nitrogen and oxygen atoms in total. The predicted molar refractivity (Wildman–Crippen MR) is 70.8 cm³/mol. The molecule has 0 aliphatic carbocycles. The molecular weight excluding hydrogens is 268 g/mol. The maximum absolute atomic E-state index is 11.6. The highest BCUT2D eigenvalue weighted by molar-refractivity contribution is 7.80. The number of nitrogens with zero attached hydrogens (tertiary/aromatic N) is 3. The van der Waals surface area contributed by atoms with Gasteiger partial charge in [-0.25, -0.2) is 9.99 Å². The van der Waals surface area contributed by atoms with Gasteiger partial charge in [0.1, 0.15) is 5.69 Å². The van der Waals surface area contributed by atoms with E-state index < -0.39 is 5.91 Å². The van der Waals surface area contributed by atoms with Gasteiger partial charge in [-0.1, -0.05) is 0 Å². The number of hydrogen-bond acceptors (Lipinski definition) is 6. The molecule has 0 bridgehead atoms. The molecule has 3 N–H and O–H groups in total. The zero-order valence-corrected chi connectivity index (χ0v) is 10.9. The number of ether oxygens (including phenoxy) is 1. The van der Waals surface area contributed by atoms with Crippen LogP contribution < -0.4 is 16.3 Å². The summed E-state index contributed by atoms with van der Waals surface area (Å²) in [6, 6.07) is 0. The van der Waals surface area contributed by atoms with Crippen LogP contribution in [0.15, 0.2) is 18.6 Å². The average Bonchev–Trinajstić information content (AvgIpc) is 2.47. The number of morpholine rings is 1. The van der Waals surface area contributed by atoms with Crippen molar-refractivity contribution in [3.8, 4) is 0 Å². The molecule has 2 rings (SSSR count). The van der Waals surface area contributed by atoms with Gasteiger partial charge in [0, 0.05) is 25.5 Å². The Bertz CT molecular complexity index is 437. The van der Waals surface area contributed by atoms with Gasteiger partial charge in [0.25, 0.3) is 5.91 Å². The minimum atomic E-state index is -0.403. The third-order valence-corrected chi connectivity index (χ3v) is 2.55. The third kappa shape index (κ3) is 4.39. The summed E-state index contributed by atoms with van der Waals surface area (Å²) in [6.07, 6.45) is 4.31. The van der Waals surface area contributed by atoms with E-state index in [2.05, 4.69) is 26.2 Å². The predicted octanol–water partition coefficient (Wildman–Crippen LogP) is -1.17. The van der Waals surface area contributed by atoms with Gasteiger partial charge in [0.05, 0.1) is 19.4 Å². The van der Waals surface area contributed by atoms with Crippen molar-refractivity contribution in [1.82, 2.24) is 31.3 Å². The Hall–Kier alpha value is -1.84. The number of hydrazine groups is 2. The number of aromatic nitrogens is 2. The Morgan fingerprint density at radius 3 is 2.79 bits per heavy atom. The molecule has 9 heteroatoms. The first-order valence-electron chi connectivity index (χ1n) is 5.71. The molecule has 1 aromatic rings. The molecule has 0 atom stereocenters. The van der Waals surface area contributed by atoms with E-state index in [1.165, 1.54) is 18.6 Å². The Labute approximate surface area is 115 Å². The molecule has 1 aliphatic heterocycles. The van der Waals surface area contributed by atoms with E-state index in [1.807, 2.05) is 5.01 Å². The molecule has 0 spiro atoms. The fourth-order valence-electron chi connectivity index (χ4n) is 1.44. The van der Waals surface area contributed by atoms with E-state index in [1.54, 1.807) is 0 Å². The Morgan fingerprint density at radius 1 is 1.32 bits per heavy atom. The lowest BCUT2D eigenvalue weighted by atomic mass is 10.4. The standard InChI is InChI=1S/C10H14N6O2S/c17-9(8-7-11-1-2-12-8)13-14-10(19)15-16-3-5-18-6-4-16/h1-2,7H,3-6H2,(H,13,17)(H2,14,15,19). The highest BCUT2D eigenvalue weighted by atomic mass is 32.1. The maximum Gasteiger partial charge on any atom is 0.289 e. The van der Waals surface area contributed by atoms with Crippen LogP contribution in [-0.4, -0.2) is 52.3 Å². The molecule has 1 amide bonds. The quantitative estimate of drug-likeness (QED) is 0.462. The molecule has 0 saturated carbocycles. The first-order chi connectivity index (χ1) is 9.25. The molecule has 1 aromatic heterocycles. The highest BCUT2D eigenvalue weighted by Gasteiger charge is 2.12. The van der Waals surface area contributed by atoms with Crippen molar-refractivity contribution in [3.63, 3.8) is 0 Å². The second-order valence-electron chi connectivity index (χ2n) is 3.71. The molecule has 1 saturated heterocycles. The summed E-state index contributed by atoms with van der Waals surface area (Å²) < 4.78 is 5.21. The van der Waals surface area contributed by atoms with Crippen molar-refractivity contribution in [2.24, 2.45) is 0 Å². The van der Waals surface area contributed by atoms with Crippen LogP contribution in [0.1, 0.15) is 10.5 Å². The summed E-state index contributed by atoms with van der Waals surface area (Å²) in [5.74, 6) is -0.403. The van der Waals surface area contributed by atoms with Gasteiger partial charge in [-0.15, -0.1) is 0 Å². The van der Waals surface area contributed by atoms with Crippen LogP contribution >= 0.6 is 12.2 Å². The molecule has 1 aliphatic rings. The fraction of sp³-hybridized carbons (Fsp3) is 0.400. The number of amides is 1. The van der Waals surface area contributed by atoms with Crippen LogP contribution in [0.2, 0.25) is 0 Å². The number of thiocarbonyl (C=S) groups is 1. The number of carbonyl (C=O) groups is 1. The van der Waals surface area contributed by atoms with Gasteiger partial charge in [-0.05, 0) is 12.2 Å². The van der Waals surface area contributed by atoms with Crippen molar-refractivity contribution in [2.45, 2.75) is 0 Å². The molecule has 0 radical (unpaired) electrons. The summed E-state index contributed by atoms with van der Waals surface area (Å²) in [6.45, 7) is 2.78. The van der Waals surface area contributed by atoms with Crippen molar-refractivity contribution >= 4 is 23.2 Å². The van der Waals surface area contributed by atoms with E-state index in [0.29, 0.717) is 18.3 Å². The number of rotatable bonds is 2. The van der Waals surface area contributed by atoms with E-state index >= 15 is 0 Å². The van der Waals surface area contributed by atoms with Gasteiger partial charge in [0.15, 0.2) is 5.11 Å². The first-order valence-corrected chi connectivity index (χ1v) is 6.12. The molecule has 0 unspecified atom stereocenters. The molecule has 19 heavy (non-hydrogen) atoms. The third-order valence-electron chi connectivity index (χ3n) is 2.36. The zero-order valence-electron chi connectivity index (χ0n) is 10.1. The van der Waals surface area contributed by atoms with E-state index in [4.69, 9.17) is 17.0 Å². The summed E-state index contributed by atoms with van der Waals surface area (Å²) in [5.41, 5.74) is 8.19. The largest absolute Gasteiger partial charge is 0.379 e. The van der Waals surface area contributed by atoms with Crippen LogP contribution in [0.3, 0.4) is 0 Å². The van der Waals surface area contributed by atoms with Gasteiger partial charge >= 0.3 is 0 Å². The monoisotopic (exact) mass is 282 g/mol. The molecule has 102 valence electrons. The summed E-state index contributed by atoms with van der Waals surface area (Å²) in [5, 5.41) is 2.21. The molecule has 2 heterocycles. The van der Waals surface area contributed by atoms with Crippen molar-refractivity contribution in [2.75, 3.05) is 26.3 Å². The Balaban J connectivity index is 1.72. The van der Waals surface area contributed by atoms with Crippen LogP contribution in [0.25, 0.3) is 0 Å². The normalized spacial score (nSPS) is 15.6. The molecular formula is C10H14N6O2S. The lowest BCUT2D eigenvalue weighted by Crippen LogP contribution is -2.55. The minimum Gasteiger partial charge on any atom is -0.379 e. The smallest absolute Gasteiger partial charge is 0.289 e. The number of carbonyl (C=O) groups excluding carboxylic acids is 1. The van der Waals surface area contributed by atoms with Crippen LogP contribution in [0.4, 0.5) is 0 Å². The van der Waals surface area contributed by atoms with Gasteiger partial charge in [-0.2, -0.15) is 0 Å². The zero-order chi connectivity index (χ0) is 13.5. The van der Waals surface area contributed by atoms with Crippen LogP contribution in [-0.2, 0) is 4.74 Å². The second-order valence-corrected chi connectivity index (χ2v) is 4.12. The number of nitrogens with one attached hydrogen (secondary N) is 3. The van der Waals surface area contributed by atoms with E-state index in [-0.39, 0.29) is 5.69 Å². The van der Waals surface area contributed by atoms with E-state index in [9.17, 15) is 4.79 Å². The lowest BCUT2D eigenvalue weighted by Gasteiger charge is -2.28. The Kier molecular flexibility index (Phi) is 4.95.